The van der Waals surface area contributed by atoms with Gasteiger partial charge in [-0.15, -0.1) is 0 Å². The number of aryl methyl sites for hydroxylation is 1. The maximum atomic E-state index is 12.5. The lowest BCUT2D eigenvalue weighted by Crippen LogP contribution is -2.16. The molecular weight excluding hydrogens is 340 g/mol. The van der Waals surface area contributed by atoms with E-state index >= 15 is 0 Å². The fourth-order valence-corrected chi connectivity index (χ4v) is 2.85. The van der Waals surface area contributed by atoms with Crippen LogP contribution in [0.3, 0.4) is 0 Å². The molecule has 3 rings (SSSR count). The van der Waals surface area contributed by atoms with Crippen LogP contribution in [0.25, 0.3) is 6.08 Å². The van der Waals surface area contributed by atoms with Gasteiger partial charge in [-0.05, 0) is 42.7 Å². The summed E-state index contributed by atoms with van der Waals surface area (Å²) in [6.07, 6.45) is 4.83. The Bertz CT molecular complexity index is 879. The summed E-state index contributed by atoms with van der Waals surface area (Å²) in [5.74, 6) is 0.730. The molecule has 1 aliphatic heterocycles. The Morgan fingerprint density at radius 3 is 2.70 bits per heavy atom. The van der Waals surface area contributed by atoms with Crippen LogP contribution in [0.2, 0.25) is 0 Å². The molecule has 0 radical (unpaired) electrons. The zero-order valence-corrected chi connectivity index (χ0v) is 15.3. The van der Waals surface area contributed by atoms with E-state index in [1.165, 1.54) is 11.6 Å². The lowest BCUT2D eigenvalue weighted by Gasteiger charge is -2.19. The Labute approximate surface area is 159 Å². The number of rotatable bonds is 6. The molecule has 1 heterocycles. The van der Waals surface area contributed by atoms with Crippen molar-refractivity contribution in [3.63, 3.8) is 0 Å². The van der Waals surface area contributed by atoms with Gasteiger partial charge in [0.05, 0.1) is 0 Å². The number of nitriles is 1. The smallest absolute Gasteiger partial charge is 0.266 e. The molecule has 0 saturated carbocycles. The van der Waals surface area contributed by atoms with E-state index in [1.807, 2.05) is 30.3 Å². The lowest BCUT2D eigenvalue weighted by atomic mass is 10.1. The van der Waals surface area contributed by atoms with Crippen molar-refractivity contribution in [3.05, 3.63) is 59.2 Å². The number of nitrogens with one attached hydrogen (secondary N) is 1. The van der Waals surface area contributed by atoms with Gasteiger partial charge in [-0.1, -0.05) is 37.6 Å². The van der Waals surface area contributed by atoms with Crippen LogP contribution in [0.4, 0.5) is 5.69 Å². The van der Waals surface area contributed by atoms with Crippen molar-refractivity contribution in [2.45, 2.75) is 26.2 Å². The van der Waals surface area contributed by atoms with Gasteiger partial charge in [0.2, 0.25) is 0 Å². The summed E-state index contributed by atoms with van der Waals surface area (Å²) in [6.45, 7) is 3.09. The minimum absolute atomic E-state index is 0.00707. The monoisotopic (exact) mass is 362 g/mol. The first-order valence-electron chi connectivity index (χ1n) is 9.12. The fraction of sp³-hybridized carbons (Fsp3) is 0.273. The van der Waals surface area contributed by atoms with E-state index in [0.717, 1.165) is 19.3 Å². The van der Waals surface area contributed by atoms with Crippen LogP contribution in [0.1, 0.15) is 30.9 Å². The summed E-state index contributed by atoms with van der Waals surface area (Å²) in [5, 5.41) is 12.2. The summed E-state index contributed by atoms with van der Waals surface area (Å²) >= 11 is 0. The summed E-state index contributed by atoms with van der Waals surface area (Å²) in [5.41, 5.74) is 2.55. The van der Waals surface area contributed by atoms with Gasteiger partial charge < -0.3 is 14.8 Å². The van der Waals surface area contributed by atoms with Crippen LogP contribution in [0.15, 0.2) is 48.0 Å². The molecule has 5 nitrogen and oxygen atoms in total. The SMILES string of the molecule is CCCCc1ccc(NC(=O)/C(C#N)=C\c2cccc3c2OCCO3)cc1. The molecular formula is C22H22N2O3. The predicted molar refractivity (Wildman–Crippen MR) is 105 cm³/mol. The Hall–Kier alpha value is -3.26. The van der Waals surface area contributed by atoms with Crippen molar-refractivity contribution >= 4 is 17.7 Å². The third-order valence-corrected chi connectivity index (χ3v) is 4.29. The van der Waals surface area contributed by atoms with E-state index in [4.69, 9.17) is 9.47 Å². The number of anilines is 1. The second-order valence-corrected chi connectivity index (χ2v) is 6.30. The maximum Gasteiger partial charge on any atom is 0.266 e. The molecule has 0 atom stereocenters. The summed E-state index contributed by atoms with van der Waals surface area (Å²) < 4.78 is 11.2. The van der Waals surface area contributed by atoms with Gasteiger partial charge >= 0.3 is 0 Å². The van der Waals surface area contributed by atoms with E-state index in [-0.39, 0.29) is 5.57 Å². The van der Waals surface area contributed by atoms with Crippen molar-refractivity contribution < 1.29 is 14.3 Å². The quantitative estimate of drug-likeness (QED) is 0.613. The molecule has 2 aromatic rings. The van der Waals surface area contributed by atoms with E-state index in [1.54, 1.807) is 18.2 Å². The van der Waals surface area contributed by atoms with Gasteiger partial charge in [0.25, 0.3) is 5.91 Å². The number of carbonyl (C=O) groups excluding carboxylic acids is 1. The van der Waals surface area contributed by atoms with Crippen molar-refractivity contribution in [1.82, 2.24) is 0 Å². The van der Waals surface area contributed by atoms with Gasteiger partial charge in [0.1, 0.15) is 24.9 Å². The van der Waals surface area contributed by atoms with E-state index in [2.05, 4.69) is 12.2 Å². The third-order valence-electron chi connectivity index (χ3n) is 4.29. The maximum absolute atomic E-state index is 12.5. The number of nitrogens with zero attached hydrogens (tertiary/aromatic N) is 1. The number of ether oxygens (including phenoxy) is 2. The number of hydrogen-bond donors (Lipinski definition) is 1. The Balaban J connectivity index is 1.75. The molecule has 5 heteroatoms. The van der Waals surface area contributed by atoms with Crippen LogP contribution in [0, 0.1) is 11.3 Å². The molecule has 1 aliphatic rings. The molecule has 0 bridgehead atoms. The number of carbonyl (C=O) groups is 1. The second kappa shape index (κ2) is 8.91. The van der Waals surface area contributed by atoms with E-state index < -0.39 is 5.91 Å². The third kappa shape index (κ3) is 4.68. The molecule has 0 aliphatic carbocycles. The van der Waals surface area contributed by atoms with Gasteiger partial charge in [-0.3, -0.25) is 4.79 Å². The number of hydrogen-bond acceptors (Lipinski definition) is 4. The average molecular weight is 362 g/mol. The molecule has 0 spiro atoms. The zero-order chi connectivity index (χ0) is 19.1. The molecule has 2 aromatic carbocycles. The lowest BCUT2D eigenvalue weighted by molar-refractivity contribution is -0.112. The molecule has 0 unspecified atom stereocenters. The van der Waals surface area contributed by atoms with Gasteiger partial charge in [-0.25, -0.2) is 0 Å². The Kier molecular flexibility index (Phi) is 6.11. The first kappa shape index (κ1) is 18.5. The average Bonchev–Trinajstić information content (AvgIpc) is 2.71. The molecule has 1 amide bonds. The van der Waals surface area contributed by atoms with Gasteiger partial charge in [0.15, 0.2) is 11.5 Å². The van der Waals surface area contributed by atoms with Gasteiger partial charge in [0, 0.05) is 11.3 Å². The number of para-hydroxylation sites is 1. The van der Waals surface area contributed by atoms with Crippen LogP contribution < -0.4 is 14.8 Å². The normalized spacial score (nSPS) is 13.0. The van der Waals surface area contributed by atoms with Gasteiger partial charge in [-0.2, -0.15) is 5.26 Å². The summed E-state index contributed by atoms with van der Waals surface area (Å²) in [6, 6.07) is 15.1. The van der Waals surface area contributed by atoms with Crippen molar-refractivity contribution in [2.75, 3.05) is 18.5 Å². The largest absolute Gasteiger partial charge is 0.486 e. The Morgan fingerprint density at radius 1 is 1.19 bits per heavy atom. The zero-order valence-electron chi connectivity index (χ0n) is 15.3. The van der Waals surface area contributed by atoms with E-state index in [9.17, 15) is 10.1 Å². The minimum Gasteiger partial charge on any atom is -0.486 e. The molecule has 0 saturated heterocycles. The molecule has 138 valence electrons. The highest BCUT2D eigenvalue weighted by Gasteiger charge is 2.17. The highest BCUT2D eigenvalue weighted by Crippen LogP contribution is 2.34. The van der Waals surface area contributed by atoms with Crippen LogP contribution in [0.5, 0.6) is 11.5 Å². The summed E-state index contributed by atoms with van der Waals surface area (Å²) in [4.78, 5) is 12.5. The highest BCUT2D eigenvalue weighted by molar-refractivity contribution is 6.09. The first-order chi connectivity index (χ1) is 13.2. The van der Waals surface area contributed by atoms with Crippen LogP contribution in [-0.2, 0) is 11.2 Å². The Morgan fingerprint density at radius 2 is 1.96 bits per heavy atom. The molecule has 0 fully saturated rings. The molecule has 27 heavy (non-hydrogen) atoms. The highest BCUT2D eigenvalue weighted by atomic mass is 16.6. The standard InChI is InChI=1S/C22H22N2O3/c1-2-3-5-16-8-10-19(11-9-16)24-22(25)18(15-23)14-17-6-4-7-20-21(17)27-13-12-26-20/h4,6-11,14H,2-3,5,12-13H2,1H3,(H,24,25)/b18-14-. The topological polar surface area (TPSA) is 71.4 Å². The second-order valence-electron chi connectivity index (χ2n) is 6.30. The molecule has 0 aromatic heterocycles. The number of fused-ring (bicyclic) bond motifs is 1. The number of benzene rings is 2. The van der Waals surface area contributed by atoms with E-state index in [0.29, 0.717) is 36.0 Å². The van der Waals surface area contributed by atoms with Crippen LogP contribution in [-0.4, -0.2) is 19.1 Å². The minimum atomic E-state index is -0.451. The summed E-state index contributed by atoms with van der Waals surface area (Å²) in [7, 11) is 0. The van der Waals surface area contributed by atoms with Crippen molar-refractivity contribution in [1.29, 1.82) is 5.26 Å². The van der Waals surface area contributed by atoms with Crippen LogP contribution >= 0.6 is 0 Å². The number of unbranched alkanes of at least 4 members (excludes halogenated alkanes) is 1. The predicted octanol–water partition coefficient (Wildman–Crippen LogP) is 4.35. The van der Waals surface area contributed by atoms with Crippen molar-refractivity contribution in [2.24, 2.45) is 0 Å². The number of amides is 1. The molecule has 1 N–H and O–H groups in total. The first-order valence-corrected chi connectivity index (χ1v) is 9.12. The van der Waals surface area contributed by atoms with Crippen molar-refractivity contribution in [3.8, 4) is 17.6 Å². The fourth-order valence-electron chi connectivity index (χ4n) is 2.85.